The van der Waals surface area contributed by atoms with Gasteiger partial charge in [-0.1, -0.05) is 32.9 Å². The van der Waals surface area contributed by atoms with Crippen molar-refractivity contribution in [2.75, 3.05) is 25.4 Å². The van der Waals surface area contributed by atoms with Gasteiger partial charge in [0.15, 0.2) is 9.84 Å². The first kappa shape index (κ1) is 17.1. The van der Waals surface area contributed by atoms with Gasteiger partial charge in [0.05, 0.1) is 10.6 Å². The molecule has 20 heavy (non-hydrogen) atoms. The van der Waals surface area contributed by atoms with Gasteiger partial charge in [-0.3, -0.25) is 0 Å². The second-order valence-corrected chi connectivity index (χ2v) is 7.57. The van der Waals surface area contributed by atoms with E-state index in [1.807, 2.05) is 6.07 Å². The quantitative estimate of drug-likeness (QED) is 0.796. The minimum absolute atomic E-state index is 0.154. The van der Waals surface area contributed by atoms with Crippen molar-refractivity contribution in [1.29, 1.82) is 0 Å². The first-order valence-electron chi connectivity index (χ1n) is 7.13. The van der Waals surface area contributed by atoms with E-state index in [0.717, 1.165) is 18.7 Å². The van der Waals surface area contributed by atoms with Crippen molar-refractivity contribution >= 4 is 9.84 Å². The predicted octanol–water partition coefficient (Wildman–Crippen LogP) is 1.90. The van der Waals surface area contributed by atoms with Crippen LogP contribution in [0.3, 0.4) is 0 Å². The van der Waals surface area contributed by atoms with E-state index in [4.69, 9.17) is 5.73 Å². The molecule has 1 rings (SSSR count). The summed E-state index contributed by atoms with van der Waals surface area (Å²) >= 11 is 0. The SMILES string of the molecule is CCN(CCS(=O)(=O)c1cccc(CN)c1)CC(C)C. The van der Waals surface area contributed by atoms with Crippen molar-refractivity contribution in [2.24, 2.45) is 11.7 Å². The van der Waals surface area contributed by atoms with E-state index in [1.165, 1.54) is 0 Å². The summed E-state index contributed by atoms with van der Waals surface area (Å²) in [5, 5.41) is 0. The summed E-state index contributed by atoms with van der Waals surface area (Å²) in [5.41, 5.74) is 6.41. The van der Waals surface area contributed by atoms with E-state index in [-0.39, 0.29) is 5.75 Å². The maximum atomic E-state index is 12.3. The lowest BCUT2D eigenvalue weighted by molar-refractivity contribution is 0.270. The molecule has 114 valence electrons. The van der Waals surface area contributed by atoms with Crippen LogP contribution in [0.5, 0.6) is 0 Å². The number of rotatable bonds is 8. The van der Waals surface area contributed by atoms with Gasteiger partial charge in [-0.25, -0.2) is 8.42 Å². The lowest BCUT2D eigenvalue weighted by atomic mass is 10.2. The molecule has 0 radical (unpaired) electrons. The lowest BCUT2D eigenvalue weighted by Gasteiger charge is -2.22. The molecule has 0 saturated heterocycles. The minimum Gasteiger partial charge on any atom is -0.326 e. The van der Waals surface area contributed by atoms with Crippen molar-refractivity contribution < 1.29 is 8.42 Å². The highest BCUT2D eigenvalue weighted by Crippen LogP contribution is 2.13. The number of nitrogens with two attached hydrogens (primary N) is 1. The summed E-state index contributed by atoms with van der Waals surface area (Å²) in [7, 11) is -3.23. The third kappa shape index (κ3) is 5.23. The molecule has 2 N–H and O–H groups in total. The summed E-state index contributed by atoms with van der Waals surface area (Å²) in [5.74, 6) is 0.694. The third-order valence-corrected chi connectivity index (χ3v) is 4.93. The van der Waals surface area contributed by atoms with Crippen LogP contribution >= 0.6 is 0 Å². The molecule has 0 aromatic heterocycles. The van der Waals surface area contributed by atoms with Crippen molar-refractivity contribution in [2.45, 2.75) is 32.2 Å². The second kappa shape index (κ2) is 7.76. The Kier molecular flexibility index (Phi) is 6.65. The molecule has 0 bridgehead atoms. The van der Waals surface area contributed by atoms with Crippen LogP contribution in [0.25, 0.3) is 0 Å². The topological polar surface area (TPSA) is 63.4 Å². The first-order valence-corrected chi connectivity index (χ1v) is 8.78. The maximum absolute atomic E-state index is 12.3. The number of benzene rings is 1. The zero-order chi connectivity index (χ0) is 15.2. The minimum atomic E-state index is -3.23. The first-order chi connectivity index (χ1) is 9.39. The van der Waals surface area contributed by atoms with Crippen LogP contribution in [0.1, 0.15) is 26.3 Å². The molecule has 0 amide bonds. The molecule has 0 spiro atoms. The smallest absolute Gasteiger partial charge is 0.179 e. The standard InChI is InChI=1S/C15H26N2O2S/c1-4-17(12-13(2)3)8-9-20(18,19)15-7-5-6-14(10-15)11-16/h5-7,10,13H,4,8-9,11-12,16H2,1-3H3. The molecule has 0 unspecified atom stereocenters. The van der Waals surface area contributed by atoms with Gasteiger partial charge < -0.3 is 10.6 Å². The van der Waals surface area contributed by atoms with Gasteiger partial charge in [0, 0.05) is 19.6 Å². The van der Waals surface area contributed by atoms with E-state index in [1.54, 1.807) is 18.2 Å². The molecule has 4 nitrogen and oxygen atoms in total. The Labute approximate surface area is 122 Å². The highest BCUT2D eigenvalue weighted by Gasteiger charge is 2.16. The molecule has 1 aromatic carbocycles. The zero-order valence-corrected chi connectivity index (χ0v) is 13.5. The third-order valence-electron chi connectivity index (χ3n) is 3.24. The van der Waals surface area contributed by atoms with Crippen LogP contribution in [0.4, 0.5) is 0 Å². The molecule has 0 atom stereocenters. The van der Waals surface area contributed by atoms with Crippen molar-refractivity contribution in [3.8, 4) is 0 Å². The summed E-state index contributed by atoms with van der Waals surface area (Å²) in [6.45, 7) is 9.07. The van der Waals surface area contributed by atoms with Gasteiger partial charge in [-0.05, 0) is 30.2 Å². The average molecular weight is 298 g/mol. The Morgan fingerprint density at radius 3 is 2.55 bits per heavy atom. The summed E-state index contributed by atoms with van der Waals surface area (Å²) in [6.07, 6.45) is 0. The fourth-order valence-electron chi connectivity index (χ4n) is 2.13. The van der Waals surface area contributed by atoms with Gasteiger partial charge in [-0.15, -0.1) is 0 Å². The summed E-state index contributed by atoms with van der Waals surface area (Å²) < 4.78 is 24.7. The monoisotopic (exact) mass is 298 g/mol. The zero-order valence-electron chi connectivity index (χ0n) is 12.7. The lowest BCUT2D eigenvalue weighted by Crippen LogP contribution is -2.32. The normalized spacial score (nSPS) is 12.3. The van der Waals surface area contributed by atoms with E-state index < -0.39 is 9.84 Å². The van der Waals surface area contributed by atoms with Crippen LogP contribution < -0.4 is 5.73 Å². The Morgan fingerprint density at radius 1 is 1.30 bits per heavy atom. The molecular formula is C15H26N2O2S. The fraction of sp³-hybridized carbons (Fsp3) is 0.600. The van der Waals surface area contributed by atoms with Crippen molar-refractivity contribution in [3.63, 3.8) is 0 Å². The van der Waals surface area contributed by atoms with Crippen molar-refractivity contribution in [3.05, 3.63) is 29.8 Å². The van der Waals surface area contributed by atoms with Gasteiger partial charge in [0.1, 0.15) is 0 Å². The summed E-state index contributed by atoms with van der Waals surface area (Å²) in [6, 6.07) is 6.91. The second-order valence-electron chi connectivity index (χ2n) is 5.46. The van der Waals surface area contributed by atoms with E-state index >= 15 is 0 Å². The molecule has 1 aromatic rings. The predicted molar refractivity (Wildman–Crippen MR) is 83.3 cm³/mol. The van der Waals surface area contributed by atoms with E-state index in [0.29, 0.717) is 23.9 Å². The Bertz CT molecular complexity index is 512. The molecule has 0 aliphatic heterocycles. The molecule has 0 aliphatic carbocycles. The van der Waals surface area contributed by atoms with E-state index in [9.17, 15) is 8.42 Å². The Balaban J connectivity index is 2.73. The molecule has 0 saturated carbocycles. The number of sulfone groups is 1. The fourth-order valence-corrected chi connectivity index (χ4v) is 3.48. The van der Waals surface area contributed by atoms with Gasteiger partial charge in [0.2, 0.25) is 0 Å². The largest absolute Gasteiger partial charge is 0.326 e. The van der Waals surface area contributed by atoms with E-state index in [2.05, 4.69) is 25.7 Å². The number of hydrogen-bond donors (Lipinski definition) is 1. The molecule has 0 aliphatic rings. The average Bonchev–Trinajstić information content (AvgIpc) is 2.43. The Morgan fingerprint density at radius 2 is 2.00 bits per heavy atom. The highest BCUT2D eigenvalue weighted by molar-refractivity contribution is 7.91. The molecule has 0 fully saturated rings. The van der Waals surface area contributed by atoms with Crippen LogP contribution in [0, 0.1) is 5.92 Å². The molecule has 5 heteroatoms. The van der Waals surface area contributed by atoms with Crippen LogP contribution in [-0.4, -0.2) is 38.7 Å². The van der Waals surface area contributed by atoms with Gasteiger partial charge in [0.25, 0.3) is 0 Å². The summed E-state index contributed by atoms with van der Waals surface area (Å²) in [4.78, 5) is 2.55. The van der Waals surface area contributed by atoms with Crippen LogP contribution in [0.15, 0.2) is 29.2 Å². The van der Waals surface area contributed by atoms with Crippen LogP contribution in [0.2, 0.25) is 0 Å². The number of nitrogens with zero attached hydrogens (tertiary/aromatic N) is 1. The van der Waals surface area contributed by atoms with Crippen molar-refractivity contribution in [1.82, 2.24) is 4.90 Å². The maximum Gasteiger partial charge on any atom is 0.179 e. The molecule has 0 heterocycles. The van der Waals surface area contributed by atoms with Gasteiger partial charge >= 0.3 is 0 Å². The Hall–Kier alpha value is -0.910. The highest BCUT2D eigenvalue weighted by atomic mass is 32.2. The number of hydrogen-bond acceptors (Lipinski definition) is 4. The van der Waals surface area contributed by atoms with Gasteiger partial charge in [-0.2, -0.15) is 0 Å². The van der Waals surface area contributed by atoms with Crippen LogP contribution in [-0.2, 0) is 16.4 Å². The molecular weight excluding hydrogens is 272 g/mol.